The summed E-state index contributed by atoms with van der Waals surface area (Å²) in [5.74, 6) is 0. The molecule has 0 saturated carbocycles. The van der Waals surface area contributed by atoms with Gasteiger partial charge in [0.15, 0.2) is 0 Å². The van der Waals surface area contributed by atoms with Gasteiger partial charge in [-0.05, 0) is 16.7 Å². The van der Waals surface area contributed by atoms with Crippen molar-refractivity contribution in [2.45, 2.75) is 27.7 Å². The van der Waals surface area contributed by atoms with Crippen molar-refractivity contribution in [3.05, 3.63) is 71.4 Å². The van der Waals surface area contributed by atoms with Gasteiger partial charge in [-0.15, -0.1) is 0 Å². The summed E-state index contributed by atoms with van der Waals surface area (Å²) in [5, 5.41) is 0. The number of hydrogen-bond acceptors (Lipinski definition) is 1. The van der Waals surface area contributed by atoms with E-state index < -0.39 is 0 Å². The van der Waals surface area contributed by atoms with Crippen molar-refractivity contribution >= 4 is 0 Å². The Kier molecular flexibility index (Phi) is 4.01. The summed E-state index contributed by atoms with van der Waals surface area (Å²) in [6.07, 6.45) is 19.9. The van der Waals surface area contributed by atoms with E-state index >= 15 is 0 Å². The minimum absolute atomic E-state index is 0.0199. The van der Waals surface area contributed by atoms with Crippen LogP contribution in [0.5, 0.6) is 0 Å². The molecule has 0 aliphatic heterocycles. The van der Waals surface area contributed by atoms with Gasteiger partial charge in [0, 0.05) is 17.4 Å². The summed E-state index contributed by atoms with van der Waals surface area (Å²) < 4.78 is 0. The predicted molar refractivity (Wildman–Crippen MR) is 88.3 cm³/mol. The standard InChI is InChI=1S/C19H25N/c1-18(2)10-6-5-7-16(12-18)17-9-8-15(14-20)11-19(3,4)13-17/h5-13H,14,20H2,1-4H3. The number of hydrogen-bond donors (Lipinski definition) is 1. The number of rotatable bonds is 2. The molecule has 0 radical (unpaired) electrons. The van der Waals surface area contributed by atoms with Crippen LogP contribution in [0.25, 0.3) is 0 Å². The van der Waals surface area contributed by atoms with Crippen molar-refractivity contribution in [2.24, 2.45) is 16.6 Å². The minimum atomic E-state index is 0.0199. The fraction of sp³-hybridized carbons (Fsp3) is 0.368. The largest absolute Gasteiger partial charge is 0.327 e. The van der Waals surface area contributed by atoms with E-state index in [1.165, 1.54) is 16.7 Å². The highest BCUT2D eigenvalue weighted by atomic mass is 14.5. The molecule has 20 heavy (non-hydrogen) atoms. The first-order valence-corrected chi connectivity index (χ1v) is 7.23. The molecule has 0 amide bonds. The molecule has 1 nitrogen and oxygen atoms in total. The van der Waals surface area contributed by atoms with Crippen molar-refractivity contribution in [2.75, 3.05) is 6.54 Å². The number of allylic oxidation sites excluding steroid dienone is 10. The van der Waals surface area contributed by atoms with Crippen LogP contribution >= 0.6 is 0 Å². The highest BCUT2D eigenvalue weighted by Gasteiger charge is 2.19. The smallest absolute Gasteiger partial charge is 0.0175 e. The Hall–Kier alpha value is -1.60. The quantitative estimate of drug-likeness (QED) is 0.784. The molecular formula is C19H25N. The molecule has 0 bridgehead atoms. The SMILES string of the molecule is CC1(C)C=CC=CC(C2=CC(C)(C)C=C(CN)C=C2)=C1. The molecule has 2 N–H and O–H groups in total. The normalized spacial score (nSPS) is 23.6. The van der Waals surface area contributed by atoms with E-state index in [4.69, 9.17) is 5.73 Å². The van der Waals surface area contributed by atoms with Gasteiger partial charge in [0.05, 0.1) is 0 Å². The molecule has 0 aromatic carbocycles. The van der Waals surface area contributed by atoms with Crippen molar-refractivity contribution < 1.29 is 0 Å². The Balaban J connectivity index is 2.43. The molecular weight excluding hydrogens is 242 g/mol. The van der Waals surface area contributed by atoms with Gasteiger partial charge in [-0.25, -0.2) is 0 Å². The van der Waals surface area contributed by atoms with Crippen LogP contribution in [0.3, 0.4) is 0 Å². The van der Waals surface area contributed by atoms with E-state index in [9.17, 15) is 0 Å². The fourth-order valence-electron chi connectivity index (χ4n) is 2.66. The second-order valence-corrected chi connectivity index (χ2v) is 6.82. The summed E-state index contributed by atoms with van der Waals surface area (Å²) in [5.41, 5.74) is 9.63. The van der Waals surface area contributed by atoms with E-state index in [0.29, 0.717) is 6.54 Å². The third-order valence-corrected chi connectivity index (χ3v) is 3.57. The highest BCUT2D eigenvalue weighted by Crippen LogP contribution is 2.33. The zero-order valence-corrected chi connectivity index (χ0v) is 13.0. The van der Waals surface area contributed by atoms with Crippen molar-refractivity contribution in [1.29, 1.82) is 0 Å². The summed E-state index contributed by atoms with van der Waals surface area (Å²) in [4.78, 5) is 0. The van der Waals surface area contributed by atoms with Crippen LogP contribution in [0.2, 0.25) is 0 Å². The first-order chi connectivity index (χ1) is 9.31. The molecule has 2 rings (SSSR count). The van der Waals surface area contributed by atoms with Gasteiger partial charge in [0.2, 0.25) is 0 Å². The zero-order valence-electron chi connectivity index (χ0n) is 13.0. The van der Waals surface area contributed by atoms with Crippen molar-refractivity contribution in [3.8, 4) is 0 Å². The molecule has 0 aromatic rings. The van der Waals surface area contributed by atoms with Crippen molar-refractivity contribution in [1.82, 2.24) is 0 Å². The first-order valence-electron chi connectivity index (χ1n) is 7.23. The lowest BCUT2D eigenvalue weighted by molar-refractivity contribution is 0.615. The van der Waals surface area contributed by atoms with Gasteiger partial charge >= 0.3 is 0 Å². The lowest BCUT2D eigenvalue weighted by Gasteiger charge is -2.19. The lowest BCUT2D eigenvalue weighted by atomic mass is 9.86. The topological polar surface area (TPSA) is 26.0 Å². The summed E-state index contributed by atoms with van der Waals surface area (Å²) in [7, 11) is 0. The second kappa shape index (κ2) is 5.41. The Morgan fingerprint density at radius 2 is 1.45 bits per heavy atom. The Labute approximate surface area is 122 Å². The van der Waals surface area contributed by atoms with Crippen LogP contribution in [0.4, 0.5) is 0 Å². The van der Waals surface area contributed by atoms with E-state index in [-0.39, 0.29) is 10.8 Å². The molecule has 0 aromatic heterocycles. The van der Waals surface area contributed by atoms with Crippen LogP contribution in [-0.2, 0) is 0 Å². The van der Waals surface area contributed by atoms with Gasteiger partial charge in [-0.3, -0.25) is 0 Å². The molecule has 0 atom stereocenters. The van der Waals surface area contributed by atoms with E-state index in [0.717, 1.165) is 0 Å². The molecule has 2 aliphatic carbocycles. The summed E-state index contributed by atoms with van der Waals surface area (Å²) >= 11 is 0. The molecule has 0 fully saturated rings. The Bertz CT molecular complexity index is 561. The van der Waals surface area contributed by atoms with Crippen LogP contribution in [0.15, 0.2) is 71.4 Å². The minimum Gasteiger partial charge on any atom is -0.327 e. The van der Waals surface area contributed by atoms with Crippen LogP contribution in [-0.4, -0.2) is 6.54 Å². The van der Waals surface area contributed by atoms with Gasteiger partial charge in [-0.2, -0.15) is 0 Å². The molecule has 0 saturated heterocycles. The van der Waals surface area contributed by atoms with Gasteiger partial charge in [0.1, 0.15) is 0 Å². The van der Waals surface area contributed by atoms with Gasteiger partial charge < -0.3 is 5.73 Å². The van der Waals surface area contributed by atoms with Crippen LogP contribution in [0.1, 0.15) is 27.7 Å². The monoisotopic (exact) mass is 267 g/mol. The average molecular weight is 267 g/mol. The summed E-state index contributed by atoms with van der Waals surface area (Å²) in [6, 6.07) is 0. The number of nitrogens with two attached hydrogens (primary N) is 1. The third kappa shape index (κ3) is 3.71. The Morgan fingerprint density at radius 3 is 2.15 bits per heavy atom. The fourth-order valence-corrected chi connectivity index (χ4v) is 2.66. The molecule has 0 unspecified atom stereocenters. The lowest BCUT2D eigenvalue weighted by Crippen LogP contribution is -2.08. The highest BCUT2D eigenvalue weighted by molar-refractivity contribution is 5.53. The molecule has 0 spiro atoms. The molecule has 2 aliphatic rings. The maximum absolute atomic E-state index is 5.80. The van der Waals surface area contributed by atoms with Crippen LogP contribution < -0.4 is 5.73 Å². The molecule has 106 valence electrons. The Morgan fingerprint density at radius 1 is 0.800 bits per heavy atom. The zero-order chi connectivity index (χ0) is 14.8. The van der Waals surface area contributed by atoms with Crippen molar-refractivity contribution in [3.63, 3.8) is 0 Å². The van der Waals surface area contributed by atoms with E-state index in [2.05, 4.69) is 82.4 Å². The molecule has 0 heterocycles. The van der Waals surface area contributed by atoms with E-state index in [1.807, 2.05) is 0 Å². The third-order valence-electron chi connectivity index (χ3n) is 3.57. The van der Waals surface area contributed by atoms with E-state index in [1.54, 1.807) is 0 Å². The predicted octanol–water partition coefficient (Wildman–Crippen LogP) is 4.47. The van der Waals surface area contributed by atoms with Crippen LogP contribution in [0, 0.1) is 10.8 Å². The first kappa shape index (κ1) is 14.8. The summed E-state index contributed by atoms with van der Waals surface area (Å²) in [6.45, 7) is 9.49. The second-order valence-electron chi connectivity index (χ2n) is 6.82. The van der Waals surface area contributed by atoms with Gasteiger partial charge in [0.25, 0.3) is 0 Å². The molecule has 1 heteroatoms. The van der Waals surface area contributed by atoms with Gasteiger partial charge in [-0.1, -0.05) is 82.4 Å². The maximum Gasteiger partial charge on any atom is 0.0175 e. The average Bonchev–Trinajstić information content (AvgIpc) is 2.62. The maximum atomic E-state index is 5.80.